The molecular formula is C21H25NO3. The second-order valence-corrected chi connectivity index (χ2v) is 7.02. The van der Waals surface area contributed by atoms with Crippen LogP contribution in [-0.2, 0) is 16.6 Å². The molecule has 0 saturated carbocycles. The van der Waals surface area contributed by atoms with Crippen LogP contribution in [0.4, 0.5) is 5.69 Å². The second-order valence-electron chi connectivity index (χ2n) is 7.02. The van der Waals surface area contributed by atoms with E-state index in [4.69, 9.17) is 9.47 Å². The Labute approximate surface area is 149 Å². The Morgan fingerprint density at radius 2 is 1.68 bits per heavy atom. The lowest BCUT2D eigenvalue weighted by Gasteiger charge is -2.31. The SMILES string of the molecule is COc1ccc(CCC2N(C=O)c3ccc(OC)cc3C2(C)C)cc1. The topological polar surface area (TPSA) is 38.8 Å². The fourth-order valence-corrected chi connectivity index (χ4v) is 3.80. The van der Waals surface area contributed by atoms with Gasteiger partial charge in [-0.05, 0) is 54.3 Å². The minimum Gasteiger partial charge on any atom is -0.497 e. The van der Waals surface area contributed by atoms with E-state index in [1.54, 1.807) is 14.2 Å². The maximum Gasteiger partial charge on any atom is 0.214 e. The molecule has 132 valence electrons. The maximum atomic E-state index is 11.8. The molecule has 4 heteroatoms. The van der Waals surface area contributed by atoms with Crippen molar-refractivity contribution in [1.82, 2.24) is 0 Å². The first kappa shape index (κ1) is 17.3. The molecule has 1 unspecified atom stereocenters. The van der Waals surface area contributed by atoms with Crippen LogP contribution in [0.1, 0.15) is 31.4 Å². The summed E-state index contributed by atoms with van der Waals surface area (Å²) in [6.45, 7) is 4.40. The summed E-state index contributed by atoms with van der Waals surface area (Å²) in [7, 11) is 3.34. The Hall–Kier alpha value is -2.49. The standard InChI is InChI=1S/C21H25NO3/c1-21(2)18-13-17(25-4)10-11-19(18)22(14-23)20(21)12-7-15-5-8-16(24-3)9-6-15/h5-6,8-11,13-14,20H,7,12H2,1-4H3. The van der Waals surface area contributed by atoms with Gasteiger partial charge in [0.05, 0.1) is 14.2 Å². The van der Waals surface area contributed by atoms with E-state index in [2.05, 4.69) is 32.0 Å². The maximum absolute atomic E-state index is 11.8. The lowest BCUT2D eigenvalue weighted by molar-refractivity contribution is -0.108. The molecule has 1 aliphatic heterocycles. The summed E-state index contributed by atoms with van der Waals surface area (Å²) >= 11 is 0. The number of methoxy groups -OCH3 is 2. The lowest BCUT2D eigenvalue weighted by atomic mass is 9.78. The zero-order chi connectivity index (χ0) is 18.0. The zero-order valence-corrected chi connectivity index (χ0v) is 15.3. The molecule has 0 N–H and O–H groups in total. The van der Waals surface area contributed by atoms with Crippen molar-refractivity contribution in [3.8, 4) is 11.5 Å². The van der Waals surface area contributed by atoms with Crippen LogP contribution < -0.4 is 14.4 Å². The van der Waals surface area contributed by atoms with Gasteiger partial charge in [-0.1, -0.05) is 26.0 Å². The molecule has 0 aliphatic carbocycles. The summed E-state index contributed by atoms with van der Waals surface area (Å²) in [5.74, 6) is 1.69. The van der Waals surface area contributed by atoms with Gasteiger partial charge in [-0.25, -0.2) is 0 Å². The highest BCUT2D eigenvalue weighted by Gasteiger charge is 2.44. The number of benzene rings is 2. The molecule has 1 atom stereocenters. The van der Waals surface area contributed by atoms with Crippen LogP contribution in [0.15, 0.2) is 42.5 Å². The van der Waals surface area contributed by atoms with E-state index in [0.717, 1.165) is 36.4 Å². The van der Waals surface area contributed by atoms with E-state index in [9.17, 15) is 4.79 Å². The van der Waals surface area contributed by atoms with Crippen molar-refractivity contribution in [2.75, 3.05) is 19.1 Å². The van der Waals surface area contributed by atoms with Crippen molar-refractivity contribution in [1.29, 1.82) is 0 Å². The summed E-state index contributed by atoms with van der Waals surface area (Å²) in [5.41, 5.74) is 3.27. The third-order valence-corrected chi connectivity index (χ3v) is 5.32. The van der Waals surface area contributed by atoms with E-state index in [1.807, 2.05) is 29.2 Å². The number of ether oxygens (including phenoxy) is 2. The number of amides is 1. The van der Waals surface area contributed by atoms with E-state index < -0.39 is 0 Å². The first-order valence-electron chi connectivity index (χ1n) is 8.56. The predicted octanol–water partition coefficient (Wildman–Crippen LogP) is 3.96. The van der Waals surface area contributed by atoms with Gasteiger partial charge in [0, 0.05) is 17.1 Å². The molecule has 0 aromatic heterocycles. The van der Waals surface area contributed by atoms with Gasteiger partial charge in [-0.15, -0.1) is 0 Å². The number of carbonyl (C=O) groups excluding carboxylic acids is 1. The molecule has 0 saturated heterocycles. The number of carbonyl (C=O) groups is 1. The predicted molar refractivity (Wildman–Crippen MR) is 99.7 cm³/mol. The number of nitrogens with zero attached hydrogens (tertiary/aromatic N) is 1. The smallest absolute Gasteiger partial charge is 0.214 e. The van der Waals surface area contributed by atoms with Crippen molar-refractivity contribution in [3.63, 3.8) is 0 Å². The van der Waals surface area contributed by atoms with Crippen LogP contribution in [0.3, 0.4) is 0 Å². The minimum absolute atomic E-state index is 0.120. The van der Waals surface area contributed by atoms with Crippen LogP contribution >= 0.6 is 0 Å². The Morgan fingerprint density at radius 1 is 1.04 bits per heavy atom. The van der Waals surface area contributed by atoms with Crippen molar-refractivity contribution in [2.24, 2.45) is 0 Å². The number of aryl methyl sites for hydroxylation is 1. The Morgan fingerprint density at radius 3 is 2.28 bits per heavy atom. The summed E-state index contributed by atoms with van der Waals surface area (Å²) < 4.78 is 10.6. The van der Waals surface area contributed by atoms with Crippen molar-refractivity contribution in [3.05, 3.63) is 53.6 Å². The number of hydrogen-bond acceptors (Lipinski definition) is 3. The zero-order valence-electron chi connectivity index (χ0n) is 15.3. The first-order valence-corrected chi connectivity index (χ1v) is 8.56. The molecule has 2 aromatic carbocycles. The molecule has 25 heavy (non-hydrogen) atoms. The number of rotatable bonds is 6. The van der Waals surface area contributed by atoms with Crippen LogP contribution in [0.2, 0.25) is 0 Å². The van der Waals surface area contributed by atoms with Crippen LogP contribution in [0.5, 0.6) is 11.5 Å². The van der Waals surface area contributed by atoms with E-state index in [1.165, 1.54) is 11.1 Å². The molecule has 0 bridgehead atoms. The molecule has 3 rings (SSSR count). The van der Waals surface area contributed by atoms with Gasteiger partial charge in [0.25, 0.3) is 0 Å². The molecule has 2 aromatic rings. The molecule has 0 radical (unpaired) electrons. The van der Waals surface area contributed by atoms with Crippen LogP contribution in [0, 0.1) is 0 Å². The third-order valence-electron chi connectivity index (χ3n) is 5.32. The highest BCUT2D eigenvalue weighted by Crippen LogP contribution is 2.47. The lowest BCUT2D eigenvalue weighted by Crippen LogP contribution is -2.41. The average Bonchev–Trinajstić information content (AvgIpc) is 2.86. The quantitative estimate of drug-likeness (QED) is 0.748. The van der Waals surface area contributed by atoms with E-state index in [0.29, 0.717) is 0 Å². The van der Waals surface area contributed by atoms with Gasteiger partial charge >= 0.3 is 0 Å². The first-order chi connectivity index (χ1) is 12.0. The fraction of sp³-hybridized carbons (Fsp3) is 0.381. The summed E-state index contributed by atoms with van der Waals surface area (Å²) in [5, 5.41) is 0. The number of hydrogen-bond donors (Lipinski definition) is 0. The largest absolute Gasteiger partial charge is 0.497 e. The minimum atomic E-state index is -0.128. The van der Waals surface area contributed by atoms with Crippen LogP contribution in [0.25, 0.3) is 0 Å². The Bertz CT molecular complexity index is 752. The summed E-state index contributed by atoms with van der Waals surface area (Å²) in [6, 6.07) is 14.2. The molecule has 1 amide bonds. The van der Waals surface area contributed by atoms with Crippen molar-refractivity contribution >= 4 is 12.1 Å². The molecular weight excluding hydrogens is 314 g/mol. The van der Waals surface area contributed by atoms with Gasteiger partial charge in [0.15, 0.2) is 0 Å². The normalized spacial score (nSPS) is 17.9. The third kappa shape index (κ3) is 3.09. The van der Waals surface area contributed by atoms with Crippen molar-refractivity contribution in [2.45, 2.75) is 38.1 Å². The molecule has 4 nitrogen and oxygen atoms in total. The van der Waals surface area contributed by atoms with Gasteiger partial charge < -0.3 is 14.4 Å². The average molecular weight is 339 g/mol. The molecule has 0 spiro atoms. The van der Waals surface area contributed by atoms with Gasteiger partial charge in [0.1, 0.15) is 11.5 Å². The Balaban J connectivity index is 1.83. The number of anilines is 1. The summed E-state index contributed by atoms with van der Waals surface area (Å²) in [4.78, 5) is 13.7. The Kier molecular flexibility index (Phi) is 4.71. The van der Waals surface area contributed by atoms with E-state index in [-0.39, 0.29) is 11.5 Å². The van der Waals surface area contributed by atoms with Gasteiger partial charge in [0.2, 0.25) is 6.41 Å². The molecule has 1 aliphatic rings. The summed E-state index contributed by atoms with van der Waals surface area (Å²) in [6.07, 6.45) is 2.77. The highest BCUT2D eigenvalue weighted by atomic mass is 16.5. The molecule has 0 fully saturated rings. The van der Waals surface area contributed by atoms with Gasteiger partial charge in [-0.2, -0.15) is 0 Å². The van der Waals surface area contributed by atoms with Gasteiger partial charge in [-0.3, -0.25) is 4.79 Å². The monoisotopic (exact) mass is 339 g/mol. The van der Waals surface area contributed by atoms with Crippen molar-refractivity contribution < 1.29 is 14.3 Å². The van der Waals surface area contributed by atoms with Crippen LogP contribution in [-0.4, -0.2) is 26.7 Å². The number of fused-ring (bicyclic) bond motifs is 1. The fourth-order valence-electron chi connectivity index (χ4n) is 3.80. The van der Waals surface area contributed by atoms with E-state index >= 15 is 0 Å². The molecule has 1 heterocycles. The second kappa shape index (κ2) is 6.79. The highest BCUT2D eigenvalue weighted by molar-refractivity contribution is 5.83.